The average Bonchev–Trinajstić information content (AvgIpc) is 2.41. The van der Waals surface area contributed by atoms with Crippen LogP contribution < -0.4 is 10.5 Å². The zero-order valence-corrected chi connectivity index (χ0v) is 11.4. The molecule has 100 valence electrons. The number of hydrogen-bond acceptors (Lipinski definition) is 4. The minimum absolute atomic E-state index is 0.0935. The van der Waals surface area contributed by atoms with Gasteiger partial charge in [-0.25, -0.2) is 13.4 Å². The lowest BCUT2D eigenvalue weighted by molar-refractivity contribution is 0.600. The number of anilines is 1. The number of aromatic nitrogens is 1. The molecule has 7 heteroatoms. The van der Waals surface area contributed by atoms with Crippen molar-refractivity contribution in [3.63, 3.8) is 0 Å². The summed E-state index contributed by atoms with van der Waals surface area (Å²) in [6.45, 7) is 0.132. The highest BCUT2D eigenvalue weighted by Crippen LogP contribution is 2.23. The van der Waals surface area contributed by atoms with Crippen LogP contribution in [0.4, 0.5) is 5.82 Å². The molecule has 1 heterocycles. The highest BCUT2D eigenvalue weighted by molar-refractivity contribution is 7.92. The van der Waals surface area contributed by atoms with Crippen LogP contribution in [0.15, 0.2) is 47.5 Å². The molecule has 1 aromatic carbocycles. The number of hydrogen-bond donors (Lipinski definition) is 2. The number of nitrogens with zero attached hydrogens (tertiary/aromatic N) is 1. The van der Waals surface area contributed by atoms with E-state index in [0.29, 0.717) is 5.56 Å². The van der Waals surface area contributed by atoms with Crippen LogP contribution in [0.1, 0.15) is 5.56 Å². The average molecular weight is 298 g/mol. The standard InChI is InChI=1S/C12H12ClN3O2S/c13-10-5-3-7-15-12(10)16-19(17,18)11-6-2-1-4-9(11)8-14/h1-7H,8,14H2,(H,15,16). The lowest BCUT2D eigenvalue weighted by Gasteiger charge is -2.11. The topological polar surface area (TPSA) is 85.1 Å². The molecule has 5 nitrogen and oxygen atoms in total. The molecule has 0 aliphatic rings. The van der Waals surface area contributed by atoms with Gasteiger partial charge in [-0.05, 0) is 23.8 Å². The Hall–Kier alpha value is -1.63. The van der Waals surface area contributed by atoms with E-state index in [4.69, 9.17) is 17.3 Å². The van der Waals surface area contributed by atoms with Gasteiger partial charge in [0.2, 0.25) is 0 Å². The zero-order chi connectivity index (χ0) is 13.9. The molecule has 0 unspecified atom stereocenters. The van der Waals surface area contributed by atoms with Crippen LogP contribution in [0.5, 0.6) is 0 Å². The second-order valence-corrected chi connectivity index (χ2v) is 5.81. The van der Waals surface area contributed by atoms with Gasteiger partial charge in [0.15, 0.2) is 5.82 Å². The van der Waals surface area contributed by atoms with Crippen LogP contribution in [0, 0.1) is 0 Å². The molecule has 0 atom stereocenters. The van der Waals surface area contributed by atoms with Gasteiger partial charge in [0.1, 0.15) is 0 Å². The van der Waals surface area contributed by atoms with Crippen LogP contribution in [0.2, 0.25) is 5.02 Å². The Morgan fingerprint density at radius 1 is 1.21 bits per heavy atom. The third-order valence-corrected chi connectivity index (χ3v) is 4.22. The Morgan fingerprint density at radius 3 is 2.63 bits per heavy atom. The molecule has 0 aliphatic heterocycles. The molecular formula is C12H12ClN3O2S. The first-order chi connectivity index (χ1) is 9.04. The predicted molar refractivity (Wildman–Crippen MR) is 74.4 cm³/mol. The molecule has 19 heavy (non-hydrogen) atoms. The summed E-state index contributed by atoms with van der Waals surface area (Å²) in [5.41, 5.74) is 6.07. The molecule has 0 aliphatic carbocycles. The first kappa shape index (κ1) is 13.8. The number of benzene rings is 1. The third kappa shape index (κ3) is 3.04. The highest BCUT2D eigenvalue weighted by atomic mass is 35.5. The summed E-state index contributed by atoms with van der Waals surface area (Å²) in [6, 6.07) is 9.69. The Kier molecular flexibility index (Phi) is 4.04. The summed E-state index contributed by atoms with van der Waals surface area (Å²) in [4.78, 5) is 4.02. The van der Waals surface area contributed by atoms with Crippen molar-refractivity contribution >= 4 is 27.4 Å². The van der Waals surface area contributed by atoms with E-state index in [2.05, 4.69) is 9.71 Å². The minimum Gasteiger partial charge on any atom is -0.326 e. The molecule has 0 radical (unpaired) electrons. The van der Waals surface area contributed by atoms with Crippen molar-refractivity contribution in [2.45, 2.75) is 11.4 Å². The lowest BCUT2D eigenvalue weighted by atomic mass is 10.2. The molecule has 0 bridgehead atoms. The van der Waals surface area contributed by atoms with Crippen LogP contribution in [0.25, 0.3) is 0 Å². The van der Waals surface area contributed by atoms with Crippen LogP contribution >= 0.6 is 11.6 Å². The number of nitrogens with one attached hydrogen (secondary N) is 1. The van der Waals surface area contributed by atoms with E-state index in [1.165, 1.54) is 12.3 Å². The van der Waals surface area contributed by atoms with Gasteiger partial charge in [0.05, 0.1) is 9.92 Å². The molecule has 0 spiro atoms. The Balaban J connectivity index is 2.41. The maximum Gasteiger partial charge on any atom is 0.263 e. The largest absolute Gasteiger partial charge is 0.326 e. The second-order valence-electron chi connectivity index (χ2n) is 3.75. The summed E-state index contributed by atoms with van der Waals surface area (Å²) in [6.07, 6.45) is 1.46. The fourth-order valence-corrected chi connectivity index (χ4v) is 3.08. The van der Waals surface area contributed by atoms with E-state index in [1.54, 1.807) is 30.3 Å². The Labute approximate surface area is 116 Å². The maximum absolute atomic E-state index is 12.3. The van der Waals surface area contributed by atoms with E-state index in [-0.39, 0.29) is 22.3 Å². The van der Waals surface area contributed by atoms with Crippen molar-refractivity contribution in [1.82, 2.24) is 4.98 Å². The van der Waals surface area contributed by atoms with E-state index < -0.39 is 10.0 Å². The quantitative estimate of drug-likeness (QED) is 0.904. The van der Waals surface area contributed by atoms with Crippen LogP contribution in [-0.4, -0.2) is 13.4 Å². The molecule has 1 aromatic heterocycles. The van der Waals surface area contributed by atoms with Crippen molar-refractivity contribution in [2.75, 3.05) is 4.72 Å². The van der Waals surface area contributed by atoms with E-state index >= 15 is 0 Å². The van der Waals surface area contributed by atoms with E-state index in [9.17, 15) is 8.42 Å². The predicted octanol–water partition coefficient (Wildman–Crippen LogP) is 1.99. The van der Waals surface area contributed by atoms with Gasteiger partial charge in [-0.1, -0.05) is 29.8 Å². The number of nitrogens with two attached hydrogens (primary N) is 1. The van der Waals surface area contributed by atoms with Gasteiger partial charge in [0, 0.05) is 12.7 Å². The fraction of sp³-hybridized carbons (Fsp3) is 0.0833. The first-order valence-corrected chi connectivity index (χ1v) is 7.32. The zero-order valence-electron chi connectivity index (χ0n) is 9.88. The van der Waals surface area contributed by atoms with E-state index in [0.717, 1.165) is 0 Å². The van der Waals surface area contributed by atoms with Gasteiger partial charge < -0.3 is 5.73 Å². The number of sulfonamides is 1. The summed E-state index contributed by atoms with van der Waals surface area (Å²) in [7, 11) is -3.76. The van der Waals surface area contributed by atoms with Gasteiger partial charge in [-0.2, -0.15) is 0 Å². The molecule has 2 aromatic rings. The Bertz CT molecular complexity index is 689. The Morgan fingerprint density at radius 2 is 1.95 bits per heavy atom. The van der Waals surface area contributed by atoms with Crippen LogP contribution in [-0.2, 0) is 16.6 Å². The summed E-state index contributed by atoms with van der Waals surface area (Å²) < 4.78 is 26.9. The van der Waals surface area contributed by atoms with Crippen molar-refractivity contribution < 1.29 is 8.42 Å². The first-order valence-electron chi connectivity index (χ1n) is 5.46. The molecule has 3 N–H and O–H groups in total. The number of rotatable bonds is 4. The van der Waals surface area contributed by atoms with Crippen molar-refractivity contribution in [3.05, 3.63) is 53.2 Å². The highest BCUT2D eigenvalue weighted by Gasteiger charge is 2.19. The fourth-order valence-electron chi connectivity index (χ4n) is 1.58. The summed E-state index contributed by atoms with van der Waals surface area (Å²) >= 11 is 5.88. The summed E-state index contributed by atoms with van der Waals surface area (Å²) in [5, 5.41) is 0.233. The molecule has 0 fully saturated rings. The molecule has 0 saturated heterocycles. The SMILES string of the molecule is NCc1ccccc1S(=O)(=O)Nc1ncccc1Cl. The number of halogens is 1. The van der Waals surface area contributed by atoms with Gasteiger partial charge in [-0.3, -0.25) is 4.72 Å². The smallest absolute Gasteiger partial charge is 0.263 e. The maximum atomic E-state index is 12.3. The normalized spacial score (nSPS) is 11.3. The van der Waals surface area contributed by atoms with Crippen molar-refractivity contribution in [3.8, 4) is 0 Å². The third-order valence-electron chi connectivity index (χ3n) is 2.47. The van der Waals surface area contributed by atoms with Gasteiger partial charge >= 0.3 is 0 Å². The minimum atomic E-state index is -3.76. The van der Waals surface area contributed by atoms with Gasteiger partial charge in [0.25, 0.3) is 10.0 Å². The molecule has 2 rings (SSSR count). The van der Waals surface area contributed by atoms with Crippen molar-refractivity contribution in [2.24, 2.45) is 5.73 Å². The molecule has 0 amide bonds. The van der Waals surface area contributed by atoms with Crippen molar-refractivity contribution in [1.29, 1.82) is 0 Å². The lowest BCUT2D eigenvalue weighted by Crippen LogP contribution is -2.17. The second kappa shape index (κ2) is 5.56. The van der Waals surface area contributed by atoms with E-state index in [1.807, 2.05) is 0 Å². The molecule has 0 saturated carbocycles. The monoisotopic (exact) mass is 297 g/mol. The van der Waals surface area contributed by atoms with Crippen LogP contribution in [0.3, 0.4) is 0 Å². The number of pyridine rings is 1. The summed E-state index contributed by atoms with van der Waals surface area (Å²) in [5.74, 6) is 0.0935. The molecular weight excluding hydrogens is 286 g/mol. The van der Waals surface area contributed by atoms with Gasteiger partial charge in [-0.15, -0.1) is 0 Å².